The van der Waals surface area contributed by atoms with Crippen molar-refractivity contribution in [2.24, 2.45) is 11.8 Å². The standard InChI is InChI=1S/C14H18N2O/c1-4-10(2)11(3)14(17)16-13-7-5-6-12(8-13)9-15/h5-8,10-11H,4H2,1-3H3,(H,16,17). The van der Waals surface area contributed by atoms with Crippen LogP contribution in [-0.4, -0.2) is 5.91 Å². The van der Waals surface area contributed by atoms with Gasteiger partial charge in [0.15, 0.2) is 0 Å². The highest BCUT2D eigenvalue weighted by Crippen LogP contribution is 2.17. The lowest BCUT2D eigenvalue weighted by molar-refractivity contribution is -0.120. The van der Waals surface area contributed by atoms with Gasteiger partial charge in [-0.25, -0.2) is 0 Å². The number of anilines is 1. The minimum absolute atomic E-state index is 0.00874. The summed E-state index contributed by atoms with van der Waals surface area (Å²) < 4.78 is 0. The van der Waals surface area contributed by atoms with E-state index < -0.39 is 0 Å². The van der Waals surface area contributed by atoms with Gasteiger partial charge in [0, 0.05) is 11.6 Å². The van der Waals surface area contributed by atoms with E-state index in [0.29, 0.717) is 17.2 Å². The summed E-state index contributed by atoms with van der Waals surface area (Å²) in [6, 6.07) is 9.01. The first kappa shape index (κ1) is 13.2. The molecule has 0 saturated carbocycles. The number of nitrogens with one attached hydrogen (secondary N) is 1. The lowest BCUT2D eigenvalue weighted by Gasteiger charge is -2.17. The van der Waals surface area contributed by atoms with E-state index in [1.54, 1.807) is 24.3 Å². The quantitative estimate of drug-likeness (QED) is 0.863. The summed E-state index contributed by atoms with van der Waals surface area (Å²) in [5.74, 6) is 0.342. The Kier molecular flexibility index (Phi) is 4.71. The Labute approximate surface area is 102 Å². The van der Waals surface area contributed by atoms with Crippen molar-refractivity contribution >= 4 is 11.6 Å². The van der Waals surface area contributed by atoms with Crippen LogP contribution < -0.4 is 5.32 Å². The van der Waals surface area contributed by atoms with Crippen molar-refractivity contribution in [3.8, 4) is 6.07 Å². The topological polar surface area (TPSA) is 52.9 Å². The first-order chi connectivity index (χ1) is 8.08. The second-order valence-corrected chi connectivity index (χ2v) is 4.36. The second-order valence-electron chi connectivity index (χ2n) is 4.36. The molecule has 17 heavy (non-hydrogen) atoms. The molecule has 0 heterocycles. The molecular weight excluding hydrogens is 212 g/mol. The molecule has 0 aliphatic heterocycles. The Morgan fingerprint density at radius 2 is 2.18 bits per heavy atom. The van der Waals surface area contributed by atoms with Crippen LogP contribution in [-0.2, 0) is 4.79 Å². The van der Waals surface area contributed by atoms with Crippen molar-refractivity contribution in [2.45, 2.75) is 27.2 Å². The minimum Gasteiger partial charge on any atom is -0.326 e. The summed E-state index contributed by atoms with van der Waals surface area (Å²) in [4.78, 5) is 11.9. The molecule has 0 aromatic heterocycles. The van der Waals surface area contributed by atoms with Crippen LogP contribution in [0.3, 0.4) is 0 Å². The van der Waals surface area contributed by atoms with Gasteiger partial charge >= 0.3 is 0 Å². The van der Waals surface area contributed by atoms with E-state index in [2.05, 4.69) is 25.2 Å². The molecule has 0 radical (unpaired) electrons. The summed E-state index contributed by atoms with van der Waals surface area (Å²) in [5.41, 5.74) is 1.24. The van der Waals surface area contributed by atoms with Gasteiger partial charge < -0.3 is 5.32 Å². The van der Waals surface area contributed by atoms with E-state index in [1.807, 2.05) is 6.92 Å². The molecule has 0 bridgehead atoms. The zero-order valence-electron chi connectivity index (χ0n) is 10.5. The lowest BCUT2D eigenvalue weighted by atomic mass is 9.93. The Hall–Kier alpha value is -1.82. The molecule has 90 valence electrons. The van der Waals surface area contributed by atoms with Crippen LogP contribution in [0.15, 0.2) is 24.3 Å². The maximum Gasteiger partial charge on any atom is 0.227 e. The third-order valence-electron chi connectivity index (χ3n) is 3.17. The number of rotatable bonds is 4. The molecule has 0 fully saturated rings. The van der Waals surface area contributed by atoms with Gasteiger partial charge in [0.2, 0.25) is 5.91 Å². The molecule has 1 amide bonds. The largest absolute Gasteiger partial charge is 0.326 e. The van der Waals surface area contributed by atoms with Crippen molar-refractivity contribution < 1.29 is 4.79 Å². The zero-order chi connectivity index (χ0) is 12.8. The predicted octanol–water partition coefficient (Wildman–Crippen LogP) is 3.18. The number of carbonyl (C=O) groups is 1. The van der Waals surface area contributed by atoms with Crippen molar-refractivity contribution in [2.75, 3.05) is 5.32 Å². The molecule has 0 saturated heterocycles. The molecular formula is C14H18N2O. The highest BCUT2D eigenvalue weighted by molar-refractivity contribution is 5.92. The van der Waals surface area contributed by atoms with Gasteiger partial charge in [-0.05, 0) is 24.1 Å². The number of nitrogens with zero attached hydrogens (tertiary/aromatic N) is 1. The summed E-state index contributed by atoms with van der Waals surface area (Å²) in [6.07, 6.45) is 0.979. The van der Waals surface area contributed by atoms with Crippen LogP contribution in [0.5, 0.6) is 0 Å². The third kappa shape index (κ3) is 3.60. The molecule has 0 spiro atoms. The number of carbonyl (C=O) groups excluding carboxylic acids is 1. The lowest BCUT2D eigenvalue weighted by Crippen LogP contribution is -2.25. The van der Waals surface area contributed by atoms with Gasteiger partial charge in [0.1, 0.15) is 0 Å². The van der Waals surface area contributed by atoms with E-state index in [4.69, 9.17) is 5.26 Å². The van der Waals surface area contributed by atoms with E-state index in [0.717, 1.165) is 6.42 Å². The highest BCUT2D eigenvalue weighted by Gasteiger charge is 2.18. The average molecular weight is 230 g/mol. The summed E-state index contributed by atoms with van der Waals surface area (Å²) in [5, 5.41) is 11.6. The van der Waals surface area contributed by atoms with Gasteiger partial charge in [-0.2, -0.15) is 5.26 Å². The van der Waals surface area contributed by atoms with Gasteiger partial charge in [-0.15, -0.1) is 0 Å². The molecule has 1 rings (SSSR count). The number of hydrogen-bond donors (Lipinski definition) is 1. The molecule has 0 aliphatic carbocycles. The van der Waals surface area contributed by atoms with Crippen molar-refractivity contribution in [3.63, 3.8) is 0 Å². The highest BCUT2D eigenvalue weighted by atomic mass is 16.1. The minimum atomic E-state index is -0.0225. The van der Waals surface area contributed by atoms with Gasteiger partial charge in [0.25, 0.3) is 0 Å². The molecule has 2 atom stereocenters. The fourth-order valence-corrected chi connectivity index (χ4v) is 1.53. The van der Waals surface area contributed by atoms with E-state index >= 15 is 0 Å². The Morgan fingerprint density at radius 1 is 1.47 bits per heavy atom. The van der Waals surface area contributed by atoms with Crippen LogP contribution in [0.2, 0.25) is 0 Å². The summed E-state index contributed by atoms with van der Waals surface area (Å²) in [7, 11) is 0. The third-order valence-corrected chi connectivity index (χ3v) is 3.17. The Balaban J connectivity index is 2.71. The number of nitriles is 1. The van der Waals surface area contributed by atoms with Crippen molar-refractivity contribution in [1.82, 2.24) is 0 Å². The Morgan fingerprint density at radius 3 is 2.76 bits per heavy atom. The molecule has 3 heteroatoms. The fourth-order valence-electron chi connectivity index (χ4n) is 1.53. The van der Waals surface area contributed by atoms with E-state index in [1.165, 1.54) is 0 Å². The molecule has 1 aromatic rings. The van der Waals surface area contributed by atoms with E-state index in [9.17, 15) is 4.79 Å². The summed E-state index contributed by atoms with van der Waals surface area (Å²) in [6.45, 7) is 6.07. The normalized spacial score (nSPS) is 13.5. The molecule has 2 unspecified atom stereocenters. The van der Waals surface area contributed by atoms with Crippen molar-refractivity contribution in [3.05, 3.63) is 29.8 Å². The Bertz CT molecular complexity index is 434. The summed E-state index contributed by atoms with van der Waals surface area (Å²) >= 11 is 0. The van der Waals surface area contributed by atoms with Gasteiger partial charge in [-0.3, -0.25) is 4.79 Å². The molecule has 0 aliphatic rings. The number of benzene rings is 1. The van der Waals surface area contributed by atoms with E-state index in [-0.39, 0.29) is 11.8 Å². The van der Waals surface area contributed by atoms with Crippen molar-refractivity contribution in [1.29, 1.82) is 5.26 Å². The first-order valence-electron chi connectivity index (χ1n) is 5.89. The van der Waals surface area contributed by atoms with Crippen LogP contribution in [0, 0.1) is 23.2 Å². The van der Waals surface area contributed by atoms with Gasteiger partial charge in [0.05, 0.1) is 11.6 Å². The smallest absolute Gasteiger partial charge is 0.227 e. The SMILES string of the molecule is CCC(C)C(C)C(=O)Nc1cccc(C#N)c1. The maximum atomic E-state index is 11.9. The molecule has 3 nitrogen and oxygen atoms in total. The first-order valence-corrected chi connectivity index (χ1v) is 5.89. The van der Waals surface area contributed by atoms with Crippen LogP contribution in [0.4, 0.5) is 5.69 Å². The van der Waals surface area contributed by atoms with Gasteiger partial charge in [-0.1, -0.05) is 33.3 Å². The predicted molar refractivity (Wildman–Crippen MR) is 68.4 cm³/mol. The average Bonchev–Trinajstić information content (AvgIpc) is 2.37. The van der Waals surface area contributed by atoms with Crippen LogP contribution in [0.25, 0.3) is 0 Å². The number of hydrogen-bond acceptors (Lipinski definition) is 2. The van der Waals surface area contributed by atoms with Crippen LogP contribution >= 0.6 is 0 Å². The molecule has 1 aromatic carbocycles. The second kappa shape index (κ2) is 6.05. The monoisotopic (exact) mass is 230 g/mol. The zero-order valence-corrected chi connectivity index (χ0v) is 10.5. The fraction of sp³-hybridized carbons (Fsp3) is 0.429. The maximum absolute atomic E-state index is 11.9. The van der Waals surface area contributed by atoms with Crippen LogP contribution in [0.1, 0.15) is 32.8 Å². The number of amides is 1. The molecule has 1 N–H and O–H groups in total.